The number of rotatable bonds is 6. The molecule has 1 aliphatic rings. The van der Waals surface area contributed by atoms with Crippen molar-refractivity contribution >= 4 is 39.2 Å². The topological polar surface area (TPSA) is 73.7 Å². The van der Waals surface area contributed by atoms with Crippen LogP contribution in [0.2, 0.25) is 0 Å². The largest absolute Gasteiger partial charge is 0.497 e. The van der Waals surface area contributed by atoms with Crippen LogP contribution >= 0.6 is 23.1 Å². The standard InChI is InChI=1S/C22H25N3O4S2/c1-4-17-14(2)19-20(31-17)23-22(30-13-18(26)24-8-10-29-11-9-24)25(21(19)27)15-6-5-7-16(12-15)28-3/h5-7,12H,4,8-11,13H2,1-3H3. The average Bonchev–Trinajstić information content (AvgIpc) is 3.13. The molecule has 1 amide bonds. The number of fused-ring (bicyclic) bond motifs is 1. The average molecular weight is 460 g/mol. The fourth-order valence-electron chi connectivity index (χ4n) is 3.65. The van der Waals surface area contributed by atoms with Crippen molar-refractivity contribution in [1.29, 1.82) is 0 Å². The quantitative estimate of drug-likeness (QED) is 0.416. The van der Waals surface area contributed by atoms with Crippen molar-refractivity contribution in [1.82, 2.24) is 14.5 Å². The van der Waals surface area contributed by atoms with E-state index in [-0.39, 0.29) is 17.2 Å². The van der Waals surface area contributed by atoms with Gasteiger partial charge in [-0.2, -0.15) is 0 Å². The van der Waals surface area contributed by atoms with Crippen molar-refractivity contribution in [2.75, 3.05) is 39.2 Å². The number of aromatic nitrogens is 2. The molecule has 164 valence electrons. The Morgan fingerprint density at radius 3 is 2.81 bits per heavy atom. The highest BCUT2D eigenvalue weighted by Gasteiger charge is 2.22. The molecule has 0 atom stereocenters. The second-order valence-electron chi connectivity index (χ2n) is 7.20. The summed E-state index contributed by atoms with van der Waals surface area (Å²) in [4.78, 5) is 34.8. The molecule has 0 unspecified atom stereocenters. The van der Waals surface area contributed by atoms with Gasteiger partial charge in [0.1, 0.15) is 10.6 Å². The molecule has 4 rings (SSSR count). The second-order valence-corrected chi connectivity index (χ2v) is 9.23. The van der Waals surface area contributed by atoms with Crippen LogP contribution in [0.15, 0.2) is 34.2 Å². The molecule has 0 aliphatic carbocycles. The fourth-order valence-corrected chi connectivity index (χ4v) is 5.73. The first-order chi connectivity index (χ1) is 15.0. The van der Waals surface area contributed by atoms with Gasteiger partial charge in [0.25, 0.3) is 5.56 Å². The van der Waals surface area contributed by atoms with Gasteiger partial charge in [0.05, 0.1) is 37.2 Å². The first-order valence-corrected chi connectivity index (χ1v) is 12.0. The molecule has 1 fully saturated rings. The minimum absolute atomic E-state index is 0.0245. The number of methoxy groups -OCH3 is 1. The molecule has 0 saturated carbocycles. The van der Waals surface area contributed by atoms with Crippen molar-refractivity contribution in [3.8, 4) is 11.4 Å². The van der Waals surface area contributed by atoms with Gasteiger partial charge in [-0.3, -0.25) is 14.2 Å². The smallest absolute Gasteiger partial charge is 0.267 e. The number of amides is 1. The monoisotopic (exact) mass is 459 g/mol. The van der Waals surface area contributed by atoms with E-state index in [2.05, 4.69) is 6.92 Å². The number of morpholine rings is 1. The third-order valence-electron chi connectivity index (χ3n) is 5.35. The number of nitrogens with zero attached hydrogens (tertiary/aromatic N) is 3. The molecule has 0 spiro atoms. The van der Waals surface area contributed by atoms with Crippen LogP contribution in [0, 0.1) is 6.92 Å². The molecule has 2 aromatic heterocycles. The number of carbonyl (C=O) groups excluding carboxylic acids is 1. The Morgan fingerprint density at radius 2 is 2.10 bits per heavy atom. The van der Waals surface area contributed by atoms with Crippen LogP contribution in [0.25, 0.3) is 15.9 Å². The van der Waals surface area contributed by atoms with E-state index in [0.29, 0.717) is 48.3 Å². The first kappa shape index (κ1) is 21.9. The molecule has 0 radical (unpaired) electrons. The van der Waals surface area contributed by atoms with E-state index >= 15 is 0 Å². The van der Waals surface area contributed by atoms with E-state index in [1.165, 1.54) is 11.8 Å². The Labute approximate surface area is 189 Å². The number of hydrogen-bond acceptors (Lipinski definition) is 7. The highest BCUT2D eigenvalue weighted by Crippen LogP contribution is 2.31. The molecule has 31 heavy (non-hydrogen) atoms. The third-order valence-corrected chi connectivity index (χ3v) is 7.61. The number of aryl methyl sites for hydroxylation is 2. The predicted octanol–water partition coefficient (Wildman–Crippen LogP) is 3.28. The Hall–Kier alpha value is -2.36. The van der Waals surface area contributed by atoms with Crippen LogP contribution in [0.1, 0.15) is 17.4 Å². The zero-order valence-electron chi connectivity index (χ0n) is 17.8. The highest BCUT2D eigenvalue weighted by atomic mass is 32.2. The van der Waals surface area contributed by atoms with Crippen LogP contribution in [-0.2, 0) is 16.0 Å². The van der Waals surface area contributed by atoms with Gasteiger partial charge in [-0.25, -0.2) is 4.98 Å². The molecule has 1 aliphatic heterocycles. The van der Waals surface area contributed by atoms with E-state index in [1.54, 1.807) is 27.9 Å². The summed E-state index contributed by atoms with van der Waals surface area (Å²) in [7, 11) is 1.59. The predicted molar refractivity (Wildman–Crippen MR) is 124 cm³/mol. The van der Waals surface area contributed by atoms with Crippen LogP contribution in [0.3, 0.4) is 0 Å². The van der Waals surface area contributed by atoms with Gasteiger partial charge in [0.2, 0.25) is 5.91 Å². The lowest BCUT2D eigenvalue weighted by Gasteiger charge is -2.26. The zero-order chi connectivity index (χ0) is 22.0. The lowest BCUT2D eigenvalue weighted by molar-refractivity contribution is -0.132. The lowest BCUT2D eigenvalue weighted by atomic mass is 10.2. The van der Waals surface area contributed by atoms with Crippen LogP contribution in [0.5, 0.6) is 5.75 Å². The normalized spacial score (nSPS) is 14.2. The van der Waals surface area contributed by atoms with Crippen LogP contribution < -0.4 is 10.3 Å². The van der Waals surface area contributed by atoms with Gasteiger partial charge in [0.15, 0.2) is 5.16 Å². The summed E-state index contributed by atoms with van der Waals surface area (Å²) in [5.74, 6) is 0.893. The fraction of sp³-hybridized carbons (Fsp3) is 0.409. The van der Waals surface area contributed by atoms with E-state index in [9.17, 15) is 9.59 Å². The Bertz CT molecular complexity index is 1170. The summed E-state index contributed by atoms with van der Waals surface area (Å²) in [6, 6.07) is 7.34. The molecule has 9 heteroatoms. The Balaban J connectivity index is 1.78. The second kappa shape index (κ2) is 9.42. The first-order valence-electron chi connectivity index (χ1n) is 10.2. The van der Waals surface area contributed by atoms with Crippen LogP contribution in [0.4, 0.5) is 0 Å². The molecular weight excluding hydrogens is 434 g/mol. The highest BCUT2D eigenvalue weighted by molar-refractivity contribution is 7.99. The van der Waals surface area contributed by atoms with Gasteiger partial charge in [-0.05, 0) is 31.0 Å². The zero-order valence-corrected chi connectivity index (χ0v) is 19.5. The van der Waals surface area contributed by atoms with Crippen LogP contribution in [-0.4, -0.2) is 59.5 Å². The SMILES string of the molecule is CCc1sc2nc(SCC(=O)N3CCOCC3)n(-c3cccc(OC)c3)c(=O)c2c1C. The Morgan fingerprint density at radius 1 is 1.32 bits per heavy atom. The summed E-state index contributed by atoms with van der Waals surface area (Å²) in [5.41, 5.74) is 1.54. The molecule has 3 heterocycles. The van der Waals surface area contributed by atoms with Crippen molar-refractivity contribution in [2.45, 2.75) is 25.4 Å². The van der Waals surface area contributed by atoms with Gasteiger partial charge in [0, 0.05) is 24.0 Å². The number of thioether (sulfide) groups is 1. The maximum absolute atomic E-state index is 13.6. The van der Waals surface area contributed by atoms with E-state index in [1.807, 2.05) is 31.2 Å². The summed E-state index contributed by atoms with van der Waals surface area (Å²) in [5, 5.41) is 1.16. The maximum atomic E-state index is 13.6. The lowest BCUT2D eigenvalue weighted by Crippen LogP contribution is -2.41. The summed E-state index contributed by atoms with van der Waals surface area (Å²) in [6.45, 7) is 6.37. The number of carbonyl (C=O) groups is 1. The number of thiophene rings is 1. The van der Waals surface area contributed by atoms with Crippen molar-refractivity contribution in [3.63, 3.8) is 0 Å². The summed E-state index contributed by atoms with van der Waals surface area (Å²) < 4.78 is 12.3. The van der Waals surface area contributed by atoms with Gasteiger partial charge >= 0.3 is 0 Å². The van der Waals surface area contributed by atoms with Crippen molar-refractivity contribution < 1.29 is 14.3 Å². The molecule has 1 saturated heterocycles. The molecule has 7 nitrogen and oxygen atoms in total. The number of benzene rings is 1. The summed E-state index contributed by atoms with van der Waals surface area (Å²) >= 11 is 2.85. The molecule has 0 bridgehead atoms. The maximum Gasteiger partial charge on any atom is 0.267 e. The van der Waals surface area contributed by atoms with Crippen molar-refractivity contribution in [3.05, 3.63) is 45.1 Å². The Kier molecular flexibility index (Phi) is 6.64. The molecule has 0 N–H and O–H groups in total. The number of hydrogen-bond donors (Lipinski definition) is 0. The van der Waals surface area contributed by atoms with Gasteiger partial charge in [-0.15, -0.1) is 11.3 Å². The van der Waals surface area contributed by atoms with E-state index in [4.69, 9.17) is 14.5 Å². The van der Waals surface area contributed by atoms with Gasteiger partial charge in [-0.1, -0.05) is 24.8 Å². The third kappa shape index (κ3) is 4.35. The van der Waals surface area contributed by atoms with E-state index < -0.39 is 0 Å². The summed E-state index contributed by atoms with van der Waals surface area (Å²) in [6.07, 6.45) is 0.851. The van der Waals surface area contributed by atoms with Crippen molar-refractivity contribution in [2.24, 2.45) is 0 Å². The van der Waals surface area contributed by atoms with Gasteiger partial charge < -0.3 is 14.4 Å². The number of ether oxygens (including phenoxy) is 2. The molecule has 1 aromatic carbocycles. The minimum atomic E-state index is -0.118. The molecular formula is C22H25N3O4S2. The minimum Gasteiger partial charge on any atom is -0.497 e. The van der Waals surface area contributed by atoms with E-state index in [0.717, 1.165) is 21.7 Å². The molecule has 3 aromatic rings.